The highest BCUT2D eigenvalue weighted by Gasteiger charge is 2.17. The van der Waals surface area contributed by atoms with Crippen LogP contribution in [0.4, 0.5) is 5.69 Å². The van der Waals surface area contributed by atoms with Crippen molar-refractivity contribution in [3.05, 3.63) is 23.8 Å². The van der Waals surface area contributed by atoms with Gasteiger partial charge in [-0.1, -0.05) is 12.1 Å². The molecule has 0 spiro atoms. The third kappa shape index (κ3) is 2.91. The number of hydrogen-bond acceptors (Lipinski definition) is 3. The van der Waals surface area contributed by atoms with Crippen molar-refractivity contribution in [1.82, 2.24) is 0 Å². The number of benzene rings is 1. The molecule has 0 aliphatic carbocycles. The maximum absolute atomic E-state index is 5.82. The number of nitrogens with one attached hydrogen (secondary N) is 1. The Morgan fingerprint density at radius 1 is 1.47 bits per heavy atom. The van der Waals surface area contributed by atoms with Crippen LogP contribution >= 0.6 is 0 Å². The molecule has 17 heavy (non-hydrogen) atoms. The molecule has 2 unspecified atom stereocenters. The molecule has 2 rings (SSSR count). The van der Waals surface area contributed by atoms with E-state index < -0.39 is 0 Å². The van der Waals surface area contributed by atoms with Gasteiger partial charge >= 0.3 is 0 Å². The smallest absolute Gasteiger partial charge is 0.142 e. The first-order valence-corrected chi connectivity index (χ1v) is 6.24. The van der Waals surface area contributed by atoms with Crippen LogP contribution in [0.25, 0.3) is 0 Å². The van der Waals surface area contributed by atoms with E-state index in [0.29, 0.717) is 12.6 Å². The minimum Gasteiger partial charge on any atom is -0.489 e. The largest absolute Gasteiger partial charge is 0.489 e. The highest BCUT2D eigenvalue weighted by atomic mass is 16.5. The van der Waals surface area contributed by atoms with E-state index in [1.54, 1.807) is 7.11 Å². The standard InChI is InChI=1S/C14H21NO2/c1-10-7-8-12-5-4-6-13(14(12)15-10)17-9-11(2)16-3/h4-6,10-11,15H,7-9H2,1-3H3. The van der Waals surface area contributed by atoms with Crippen LogP contribution in [0, 0.1) is 0 Å². The van der Waals surface area contributed by atoms with Gasteiger partial charge < -0.3 is 14.8 Å². The molecule has 0 saturated carbocycles. The van der Waals surface area contributed by atoms with Gasteiger partial charge in [-0.2, -0.15) is 0 Å². The minimum absolute atomic E-state index is 0.117. The summed E-state index contributed by atoms with van der Waals surface area (Å²) in [5, 5.41) is 3.50. The molecule has 94 valence electrons. The average molecular weight is 235 g/mol. The normalized spacial score (nSPS) is 20.3. The lowest BCUT2D eigenvalue weighted by molar-refractivity contribution is 0.0718. The number of hydrogen-bond donors (Lipinski definition) is 1. The second-order valence-corrected chi connectivity index (χ2v) is 4.73. The first-order chi connectivity index (χ1) is 8.20. The van der Waals surface area contributed by atoms with E-state index in [1.807, 2.05) is 13.0 Å². The summed E-state index contributed by atoms with van der Waals surface area (Å²) in [6.45, 7) is 4.80. The zero-order chi connectivity index (χ0) is 12.3. The van der Waals surface area contributed by atoms with E-state index >= 15 is 0 Å². The maximum Gasteiger partial charge on any atom is 0.142 e. The SMILES string of the molecule is COC(C)COc1cccc2c1NC(C)CC2. The predicted molar refractivity (Wildman–Crippen MR) is 69.8 cm³/mol. The highest BCUT2D eigenvalue weighted by Crippen LogP contribution is 2.33. The van der Waals surface area contributed by atoms with Gasteiger partial charge in [0, 0.05) is 13.2 Å². The Balaban J connectivity index is 2.12. The molecule has 0 radical (unpaired) electrons. The van der Waals surface area contributed by atoms with Crippen LogP contribution in [0.1, 0.15) is 25.8 Å². The number of anilines is 1. The lowest BCUT2D eigenvalue weighted by Gasteiger charge is -2.26. The average Bonchev–Trinajstić information content (AvgIpc) is 2.35. The molecule has 0 fully saturated rings. The van der Waals surface area contributed by atoms with Gasteiger partial charge in [0.2, 0.25) is 0 Å². The van der Waals surface area contributed by atoms with Crippen molar-refractivity contribution in [1.29, 1.82) is 0 Å². The maximum atomic E-state index is 5.82. The van der Waals surface area contributed by atoms with E-state index in [4.69, 9.17) is 9.47 Å². The van der Waals surface area contributed by atoms with Crippen LogP contribution in [0.3, 0.4) is 0 Å². The molecular formula is C14H21NO2. The zero-order valence-corrected chi connectivity index (χ0v) is 10.8. The molecule has 1 heterocycles. The van der Waals surface area contributed by atoms with Crippen LogP contribution in [0.15, 0.2) is 18.2 Å². The van der Waals surface area contributed by atoms with Crippen LogP contribution in [0.2, 0.25) is 0 Å². The monoisotopic (exact) mass is 235 g/mol. The van der Waals surface area contributed by atoms with E-state index in [1.165, 1.54) is 12.0 Å². The van der Waals surface area contributed by atoms with Gasteiger partial charge in [0.05, 0.1) is 11.8 Å². The van der Waals surface area contributed by atoms with Crippen molar-refractivity contribution < 1.29 is 9.47 Å². The van der Waals surface area contributed by atoms with E-state index in [0.717, 1.165) is 17.9 Å². The molecule has 0 aromatic heterocycles. The molecule has 0 saturated heterocycles. The van der Waals surface area contributed by atoms with Gasteiger partial charge in [-0.15, -0.1) is 0 Å². The number of rotatable bonds is 4. The molecule has 1 aliphatic rings. The number of para-hydroxylation sites is 1. The van der Waals surface area contributed by atoms with E-state index in [9.17, 15) is 0 Å². The molecule has 1 aromatic rings. The Bertz CT molecular complexity index is 378. The second kappa shape index (κ2) is 5.41. The molecule has 1 aromatic carbocycles. The molecule has 1 N–H and O–H groups in total. The van der Waals surface area contributed by atoms with Crippen molar-refractivity contribution in [2.45, 2.75) is 38.8 Å². The lowest BCUT2D eigenvalue weighted by atomic mass is 9.98. The summed E-state index contributed by atoms with van der Waals surface area (Å²) in [5.74, 6) is 0.943. The first-order valence-electron chi connectivity index (χ1n) is 6.24. The summed E-state index contributed by atoms with van der Waals surface area (Å²) in [6, 6.07) is 6.77. The van der Waals surface area contributed by atoms with Crippen molar-refractivity contribution in [3.63, 3.8) is 0 Å². The predicted octanol–water partition coefficient (Wildman–Crippen LogP) is 2.85. The molecule has 3 heteroatoms. The summed E-state index contributed by atoms with van der Waals surface area (Å²) in [5.41, 5.74) is 2.51. The fourth-order valence-electron chi connectivity index (χ4n) is 2.03. The molecule has 2 atom stereocenters. The van der Waals surface area contributed by atoms with Crippen LogP contribution < -0.4 is 10.1 Å². The molecule has 1 aliphatic heterocycles. The summed E-state index contributed by atoms with van der Waals surface area (Å²) in [7, 11) is 1.70. The van der Waals surface area contributed by atoms with E-state index in [2.05, 4.69) is 24.4 Å². The number of ether oxygens (including phenoxy) is 2. The number of fused-ring (bicyclic) bond motifs is 1. The molecule has 0 amide bonds. The summed E-state index contributed by atoms with van der Waals surface area (Å²) in [4.78, 5) is 0. The van der Waals surface area contributed by atoms with Gasteiger partial charge in [0.25, 0.3) is 0 Å². The van der Waals surface area contributed by atoms with Gasteiger partial charge in [0.1, 0.15) is 12.4 Å². The Kier molecular flexibility index (Phi) is 3.89. The third-order valence-electron chi connectivity index (χ3n) is 3.23. The second-order valence-electron chi connectivity index (χ2n) is 4.73. The third-order valence-corrected chi connectivity index (χ3v) is 3.23. The Morgan fingerprint density at radius 2 is 2.29 bits per heavy atom. The Labute approximate surface area is 103 Å². The van der Waals surface area contributed by atoms with Gasteiger partial charge in [-0.3, -0.25) is 0 Å². The topological polar surface area (TPSA) is 30.5 Å². The van der Waals surface area contributed by atoms with Crippen LogP contribution in [-0.4, -0.2) is 25.9 Å². The van der Waals surface area contributed by atoms with Crippen molar-refractivity contribution in [3.8, 4) is 5.75 Å². The van der Waals surface area contributed by atoms with Gasteiger partial charge in [0.15, 0.2) is 0 Å². The highest BCUT2D eigenvalue weighted by molar-refractivity contribution is 5.63. The fraction of sp³-hybridized carbons (Fsp3) is 0.571. The fourth-order valence-corrected chi connectivity index (χ4v) is 2.03. The quantitative estimate of drug-likeness (QED) is 0.870. The van der Waals surface area contributed by atoms with Crippen molar-refractivity contribution in [2.75, 3.05) is 19.0 Å². The molecule has 0 bridgehead atoms. The summed E-state index contributed by atoms with van der Waals surface area (Å²) < 4.78 is 11.0. The van der Waals surface area contributed by atoms with E-state index in [-0.39, 0.29) is 6.10 Å². The van der Waals surface area contributed by atoms with Crippen molar-refractivity contribution >= 4 is 5.69 Å². The lowest BCUT2D eigenvalue weighted by Crippen LogP contribution is -2.23. The molecular weight excluding hydrogens is 214 g/mol. The molecule has 3 nitrogen and oxygen atoms in total. The van der Waals surface area contributed by atoms with Crippen LogP contribution in [0.5, 0.6) is 5.75 Å². The van der Waals surface area contributed by atoms with Crippen molar-refractivity contribution in [2.24, 2.45) is 0 Å². The van der Waals surface area contributed by atoms with Gasteiger partial charge in [-0.05, 0) is 38.3 Å². The van der Waals surface area contributed by atoms with Crippen LogP contribution in [-0.2, 0) is 11.2 Å². The Morgan fingerprint density at radius 3 is 3.06 bits per heavy atom. The minimum atomic E-state index is 0.117. The van der Waals surface area contributed by atoms with Gasteiger partial charge in [-0.25, -0.2) is 0 Å². The number of aryl methyl sites for hydroxylation is 1. The summed E-state index contributed by atoms with van der Waals surface area (Å²) >= 11 is 0. The number of methoxy groups -OCH3 is 1. The first kappa shape index (κ1) is 12.2. The Hall–Kier alpha value is -1.22. The zero-order valence-electron chi connectivity index (χ0n) is 10.8. The summed E-state index contributed by atoms with van der Waals surface area (Å²) in [6.07, 6.45) is 2.43.